The third kappa shape index (κ3) is 3.52. The van der Waals surface area contributed by atoms with E-state index in [0.29, 0.717) is 30.0 Å². The summed E-state index contributed by atoms with van der Waals surface area (Å²) in [5, 5.41) is 4.80. The van der Waals surface area contributed by atoms with Gasteiger partial charge in [-0.3, -0.25) is 4.79 Å². The van der Waals surface area contributed by atoms with Gasteiger partial charge in [-0.05, 0) is 31.0 Å². The average Bonchev–Trinajstić information content (AvgIpc) is 2.37. The molecule has 0 radical (unpaired) electrons. The molecule has 1 unspecified atom stereocenters. The summed E-state index contributed by atoms with van der Waals surface area (Å²) in [6, 6.07) is 4.98. The Morgan fingerprint density at radius 3 is 2.75 bits per heavy atom. The predicted molar refractivity (Wildman–Crippen MR) is 81.2 cm³/mol. The van der Waals surface area contributed by atoms with Crippen LogP contribution in [0.25, 0.3) is 0 Å². The maximum atomic E-state index is 12.4. The zero-order valence-electron chi connectivity index (χ0n) is 10.6. The van der Waals surface area contributed by atoms with Crippen LogP contribution in [-0.4, -0.2) is 37.6 Å². The molecular formula is C12H14BrClN2O3S. The molecule has 110 valence electrons. The molecule has 1 amide bonds. The van der Waals surface area contributed by atoms with E-state index >= 15 is 0 Å². The SMILES string of the molecule is NS(=O)(=O)C1CCCN(C(=O)c2ccc(Br)cc2Cl)C1. The third-order valence-corrected chi connectivity index (χ3v) is 5.41. The molecule has 1 aliphatic heterocycles. The van der Waals surface area contributed by atoms with Gasteiger partial charge >= 0.3 is 0 Å². The molecule has 1 saturated heterocycles. The van der Waals surface area contributed by atoms with Gasteiger partial charge in [0.1, 0.15) is 0 Å². The second-order valence-electron chi connectivity index (χ2n) is 4.73. The minimum absolute atomic E-state index is 0.115. The smallest absolute Gasteiger partial charge is 0.255 e. The van der Waals surface area contributed by atoms with Crippen molar-refractivity contribution in [2.75, 3.05) is 13.1 Å². The lowest BCUT2D eigenvalue weighted by Gasteiger charge is -2.31. The number of nitrogens with zero attached hydrogens (tertiary/aromatic N) is 1. The highest BCUT2D eigenvalue weighted by atomic mass is 79.9. The van der Waals surface area contributed by atoms with Crippen molar-refractivity contribution >= 4 is 43.5 Å². The Kier molecular flexibility index (Phi) is 4.73. The number of rotatable bonds is 2. The third-order valence-electron chi connectivity index (χ3n) is 3.29. The summed E-state index contributed by atoms with van der Waals surface area (Å²) in [5.74, 6) is -0.268. The van der Waals surface area contributed by atoms with Crippen molar-refractivity contribution in [1.29, 1.82) is 0 Å². The number of piperidine rings is 1. The monoisotopic (exact) mass is 380 g/mol. The van der Waals surface area contributed by atoms with Gasteiger partial charge in [0.05, 0.1) is 15.8 Å². The average molecular weight is 382 g/mol. The van der Waals surface area contributed by atoms with Gasteiger partial charge in [-0.1, -0.05) is 27.5 Å². The van der Waals surface area contributed by atoms with Crippen molar-refractivity contribution in [2.24, 2.45) is 5.14 Å². The molecule has 0 spiro atoms. The van der Waals surface area contributed by atoms with E-state index in [1.165, 1.54) is 4.90 Å². The molecule has 0 bridgehead atoms. The Bertz CT molecular complexity index is 636. The van der Waals surface area contributed by atoms with Crippen LogP contribution in [0.4, 0.5) is 0 Å². The van der Waals surface area contributed by atoms with E-state index in [4.69, 9.17) is 16.7 Å². The highest BCUT2D eigenvalue weighted by Crippen LogP contribution is 2.24. The molecule has 1 fully saturated rings. The maximum absolute atomic E-state index is 12.4. The first-order chi connectivity index (χ1) is 9.29. The minimum atomic E-state index is -3.63. The molecule has 0 aromatic heterocycles. The molecule has 2 N–H and O–H groups in total. The zero-order chi connectivity index (χ0) is 14.9. The van der Waals surface area contributed by atoms with Crippen LogP contribution >= 0.6 is 27.5 Å². The van der Waals surface area contributed by atoms with Gasteiger partial charge < -0.3 is 4.90 Å². The first-order valence-corrected chi connectivity index (χ1v) is 8.83. The van der Waals surface area contributed by atoms with E-state index in [1.54, 1.807) is 18.2 Å². The van der Waals surface area contributed by atoms with E-state index < -0.39 is 15.3 Å². The molecule has 1 heterocycles. The summed E-state index contributed by atoms with van der Waals surface area (Å²) in [4.78, 5) is 13.9. The number of hydrogen-bond donors (Lipinski definition) is 1. The van der Waals surface area contributed by atoms with Crippen molar-refractivity contribution in [3.05, 3.63) is 33.3 Å². The van der Waals surface area contributed by atoms with Crippen molar-refractivity contribution < 1.29 is 13.2 Å². The van der Waals surface area contributed by atoms with Crippen LogP contribution in [0.1, 0.15) is 23.2 Å². The Labute approximate surface area is 131 Å². The molecule has 5 nitrogen and oxygen atoms in total. The van der Waals surface area contributed by atoms with Gasteiger partial charge in [0.15, 0.2) is 0 Å². The Morgan fingerprint density at radius 2 is 2.15 bits per heavy atom. The van der Waals surface area contributed by atoms with Crippen LogP contribution in [0.15, 0.2) is 22.7 Å². The fourth-order valence-corrected chi connectivity index (χ4v) is 3.86. The minimum Gasteiger partial charge on any atom is -0.337 e. The highest BCUT2D eigenvalue weighted by Gasteiger charge is 2.31. The Morgan fingerprint density at radius 1 is 1.45 bits per heavy atom. The van der Waals surface area contributed by atoms with Gasteiger partial charge in [-0.2, -0.15) is 0 Å². The number of carbonyl (C=O) groups is 1. The molecule has 0 aliphatic carbocycles. The number of benzene rings is 1. The number of nitrogens with two attached hydrogens (primary N) is 1. The molecule has 1 atom stereocenters. The largest absolute Gasteiger partial charge is 0.337 e. The van der Waals surface area contributed by atoms with Crippen LogP contribution in [0, 0.1) is 0 Å². The fraction of sp³-hybridized carbons (Fsp3) is 0.417. The van der Waals surface area contributed by atoms with Crippen LogP contribution in [-0.2, 0) is 10.0 Å². The van der Waals surface area contributed by atoms with E-state index in [-0.39, 0.29) is 12.5 Å². The second kappa shape index (κ2) is 6.01. The van der Waals surface area contributed by atoms with Crippen LogP contribution < -0.4 is 5.14 Å². The summed E-state index contributed by atoms with van der Waals surface area (Å²) >= 11 is 9.32. The lowest BCUT2D eigenvalue weighted by Crippen LogP contribution is -2.47. The van der Waals surface area contributed by atoms with Gasteiger partial charge in [-0.15, -0.1) is 0 Å². The summed E-state index contributed by atoms with van der Waals surface area (Å²) in [6.45, 7) is 0.626. The number of halogens is 2. The van der Waals surface area contributed by atoms with E-state index in [2.05, 4.69) is 15.9 Å². The molecule has 0 saturated carbocycles. The Hall–Kier alpha value is -0.630. The van der Waals surface area contributed by atoms with Gasteiger partial charge in [0.25, 0.3) is 5.91 Å². The Balaban J connectivity index is 2.21. The predicted octanol–water partition coefficient (Wildman–Crippen LogP) is 2.00. The lowest BCUT2D eigenvalue weighted by atomic mass is 10.1. The van der Waals surface area contributed by atoms with Crippen molar-refractivity contribution in [3.8, 4) is 0 Å². The fourth-order valence-electron chi connectivity index (χ4n) is 2.22. The van der Waals surface area contributed by atoms with Crippen LogP contribution in [0.2, 0.25) is 5.02 Å². The van der Waals surface area contributed by atoms with Crippen LogP contribution in [0.3, 0.4) is 0 Å². The van der Waals surface area contributed by atoms with E-state index in [1.807, 2.05) is 0 Å². The molecular weight excluding hydrogens is 368 g/mol. The van der Waals surface area contributed by atoms with Gasteiger partial charge in [0.2, 0.25) is 10.0 Å². The normalized spacial score (nSPS) is 19.9. The van der Waals surface area contributed by atoms with Gasteiger partial charge in [-0.25, -0.2) is 13.6 Å². The number of sulfonamides is 1. The number of amides is 1. The quantitative estimate of drug-likeness (QED) is 0.851. The number of primary sulfonamides is 1. The van der Waals surface area contributed by atoms with Crippen molar-refractivity contribution in [2.45, 2.75) is 18.1 Å². The lowest BCUT2D eigenvalue weighted by molar-refractivity contribution is 0.0727. The van der Waals surface area contributed by atoms with E-state index in [0.717, 1.165) is 4.47 Å². The zero-order valence-corrected chi connectivity index (χ0v) is 13.7. The van der Waals surface area contributed by atoms with Crippen molar-refractivity contribution in [3.63, 3.8) is 0 Å². The number of likely N-dealkylation sites (tertiary alicyclic amines) is 1. The second-order valence-corrected chi connectivity index (χ2v) is 7.90. The topological polar surface area (TPSA) is 80.5 Å². The highest BCUT2D eigenvalue weighted by molar-refractivity contribution is 9.10. The molecule has 1 aromatic rings. The van der Waals surface area contributed by atoms with Crippen molar-refractivity contribution in [1.82, 2.24) is 4.90 Å². The summed E-state index contributed by atoms with van der Waals surface area (Å²) in [6.07, 6.45) is 1.09. The van der Waals surface area contributed by atoms with E-state index in [9.17, 15) is 13.2 Å². The first-order valence-electron chi connectivity index (χ1n) is 6.05. The van der Waals surface area contributed by atoms with Gasteiger partial charge in [0, 0.05) is 17.6 Å². The maximum Gasteiger partial charge on any atom is 0.255 e. The molecule has 2 rings (SSSR count). The number of carbonyl (C=O) groups excluding carboxylic acids is 1. The number of hydrogen-bond acceptors (Lipinski definition) is 3. The molecule has 20 heavy (non-hydrogen) atoms. The molecule has 1 aliphatic rings. The standard InChI is InChI=1S/C12H14BrClN2O3S/c13-8-3-4-10(11(14)6-8)12(17)16-5-1-2-9(7-16)20(15,18)19/h3-4,6,9H,1-2,5,7H2,(H2,15,18,19). The summed E-state index contributed by atoms with van der Waals surface area (Å²) in [5.41, 5.74) is 0.366. The van der Waals surface area contributed by atoms with Crippen LogP contribution in [0.5, 0.6) is 0 Å². The first kappa shape index (κ1) is 15.8. The molecule has 1 aromatic carbocycles. The molecule has 8 heteroatoms. The summed E-state index contributed by atoms with van der Waals surface area (Å²) < 4.78 is 23.6. The summed E-state index contributed by atoms with van der Waals surface area (Å²) in [7, 11) is -3.63.